The van der Waals surface area contributed by atoms with Crippen LogP contribution in [0.15, 0.2) is 17.4 Å². The van der Waals surface area contributed by atoms with Gasteiger partial charge >= 0.3 is 0 Å². The standard InChI is InChI=1S/C15H20N4O3S/c1-9-7-10-8-16-14(23(3,21)22)19-12(10)13(17-9)18-11-5-4-6-15(11,2)20/h7-8,11,20H,4-6H2,1-3H3,(H,17,18)/t11-,15-/m1/s1. The third-order valence-corrected chi connectivity index (χ3v) is 5.10. The molecular formula is C15H20N4O3S. The number of aryl methyl sites for hydroxylation is 1. The van der Waals surface area contributed by atoms with E-state index in [1.165, 1.54) is 6.20 Å². The molecule has 2 N–H and O–H groups in total. The first-order valence-electron chi connectivity index (χ1n) is 7.50. The van der Waals surface area contributed by atoms with Gasteiger partial charge in [0.05, 0.1) is 11.6 Å². The number of nitrogens with one attached hydrogen (secondary N) is 1. The second-order valence-corrected chi connectivity index (χ2v) is 8.33. The van der Waals surface area contributed by atoms with Crippen LogP contribution in [0.5, 0.6) is 0 Å². The molecule has 3 rings (SSSR count). The summed E-state index contributed by atoms with van der Waals surface area (Å²) in [7, 11) is -3.50. The van der Waals surface area contributed by atoms with E-state index in [-0.39, 0.29) is 11.2 Å². The molecule has 0 aliphatic heterocycles. The molecule has 0 amide bonds. The predicted molar refractivity (Wildman–Crippen MR) is 87.1 cm³/mol. The van der Waals surface area contributed by atoms with Crippen molar-refractivity contribution < 1.29 is 13.5 Å². The zero-order valence-corrected chi connectivity index (χ0v) is 14.2. The van der Waals surface area contributed by atoms with Crippen molar-refractivity contribution in [2.24, 2.45) is 0 Å². The SMILES string of the molecule is Cc1cc2cnc(S(C)(=O)=O)nc2c(N[C@@H]2CCC[C@@]2(C)O)n1. The van der Waals surface area contributed by atoms with Gasteiger partial charge in [0.1, 0.15) is 5.52 Å². The summed E-state index contributed by atoms with van der Waals surface area (Å²) in [5.41, 5.74) is 0.409. The Kier molecular flexibility index (Phi) is 3.76. The van der Waals surface area contributed by atoms with Crippen molar-refractivity contribution in [1.82, 2.24) is 15.0 Å². The zero-order valence-electron chi connectivity index (χ0n) is 13.4. The highest BCUT2D eigenvalue weighted by molar-refractivity contribution is 7.90. The van der Waals surface area contributed by atoms with Gasteiger partial charge in [-0.15, -0.1) is 0 Å². The number of sulfone groups is 1. The van der Waals surface area contributed by atoms with Gasteiger partial charge in [-0.1, -0.05) is 0 Å². The molecule has 23 heavy (non-hydrogen) atoms. The van der Waals surface area contributed by atoms with Crippen LogP contribution in [0.25, 0.3) is 10.9 Å². The Morgan fingerprint density at radius 2 is 2.13 bits per heavy atom. The number of nitrogens with zero attached hydrogens (tertiary/aromatic N) is 3. The van der Waals surface area contributed by atoms with Gasteiger partial charge in [-0.3, -0.25) is 0 Å². The fourth-order valence-electron chi connectivity index (χ4n) is 2.98. The average molecular weight is 336 g/mol. The largest absolute Gasteiger partial charge is 0.388 e. The molecule has 0 unspecified atom stereocenters. The normalized spacial score (nSPS) is 25.0. The topological polar surface area (TPSA) is 105 Å². The van der Waals surface area contributed by atoms with Crippen LogP contribution in [0.2, 0.25) is 0 Å². The number of fused-ring (bicyclic) bond motifs is 1. The summed E-state index contributed by atoms with van der Waals surface area (Å²) >= 11 is 0. The van der Waals surface area contributed by atoms with Crippen LogP contribution in [0.4, 0.5) is 5.82 Å². The molecule has 124 valence electrons. The number of aromatic nitrogens is 3. The van der Waals surface area contributed by atoms with Crippen molar-refractivity contribution in [2.75, 3.05) is 11.6 Å². The van der Waals surface area contributed by atoms with Crippen LogP contribution in [0.3, 0.4) is 0 Å². The summed E-state index contributed by atoms with van der Waals surface area (Å²) in [6.45, 7) is 3.65. The van der Waals surface area contributed by atoms with Gasteiger partial charge in [0.2, 0.25) is 15.0 Å². The molecule has 2 atom stereocenters. The van der Waals surface area contributed by atoms with Gasteiger partial charge in [0, 0.05) is 23.5 Å². The second kappa shape index (κ2) is 5.38. The molecule has 1 fully saturated rings. The quantitative estimate of drug-likeness (QED) is 0.817. The van der Waals surface area contributed by atoms with Gasteiger partial charge in [0.15, 0.2) is 5.82 Å². The summed E-state index contributed by atoms with van der Waals surface area (Å²) in [5, 5.41) is 14.2. The lowest BCUT2D eigenvalue weighted by Gasteiger charge is -2.27. The van der Waals surface area contributed by atoms with E-state index in [2.05, 4.69) is 20.3 Å². The molecule has 2 aromatic heterocycles. The Morgan fingerprint density at radius 3 is 2.74 bits per heavy atom. The van der Waals surface area contributed by atoms with Crippen LogP contribution >= 0.6 is 0 Å². The van der Waals surface area contributed by atoms with Crippen molar-refractivity contribution in [1.29, 1.82) is 0 Å². The Hall–Kier alpha value is -1.80. The molecule has 1 aliphatic carbocycles. The lowest BCUT2D eigenvalue weighted by molar-refractivity contribution is 0.0578. The number of anilines is 1. The van der Waals surface area contributed by atoms with Crippen LogP contribution in [0.1, 0.15) is 31.9 Å². The summed E-state index contributed by atoms with van der Waals surface area (Å²) in [5.74, 6) is 0.486. The summed E-state index contributed by atoms with van der Waals surface area (Å²) < 4.78 is 23.4. The van der Waals surface area contributed by atoms with E-state index in [0.717, 1.165) is 31.2 Å². The van der Waals surface area contributed by atoms with Gasteiger partial charge < -0.3 is 10.4 Å². The third-order valence-electron chi connectivity index (χ3n) is 4.24. The van der Waals surface area contributed by atoms with Crippen molar-refractivity contribution in [3.05, 3.63) is 18.0 Å². The fraction of sp³-hybridized carbons (Fsp3) is 0.533. The number of rotatable bonds is 3. The average Bonchev–Trinajstić information content (AvgIpc) is 2.76. The second-order valence-electron chi connectivity index (χ2n) is 6.42. The van der Waals surface area contributed by atoms with E-state index in [9.17, 15) is 13.5 Å². The van der Waals surface area contributed by atoms with Crippen molar-refractivity contribution in [2.45, 2.75) is 49.9 Å². The van der Waals surface area contributed by atoms with Gasteiger partial charge in [-0.2, -0.15) is 0 Å². The van der Waals surface area contributed by atoms with Crippen molar-refractivity contribution in [3.63, 3.8) is 0 Å². The summed E-state index contributed by atoms with van der Waals surface area (Å²) in [4.78, 5) is 12.5. The van der Waals surface area contributed by atoms with E-state index in [0.29, 0.717) is 16.7 Å². The zero-order chi connectivity index (χ0) is 16.8. The van der Waals surface area contributed by atoms with Crippen LogP contribution in [-0.2, 0) is 9.84 Å². The minimum Gasteiger partial charge on any atom is -0.388 e. The van der Waals surface area contributed by atoms with Crippen molar-refractivity contribution >= 4 is 26.6 Å². The Morgan fingerprint density at radius 1 is 1.39 bits per heavy atom. The van der Waals surface area contributed by atoms with Crippen molar-refractivity contribution in [3.8, 4) is 0 Å². The third kappa shape index (κ3) is 3.13. The highest BCUT2D eigenvalue weighted by Gasteiger charge is 2.37. The van der Waals surface area contributed by atoms with Gasteiger partial charge in [0.25, 0.3) is 0 Å². The first-order valence-corrected chi connectivity index (χ1v) is 9.39. The van der Waals surface area contributed by atoms with Gasteiger partial charge in [-0.25, -0.2) is 23.4 Å². The predicted octanol–water partition coefficient (Wildman–Crippen LogP) is 1.45. The minimum absolute atomic E-state index is 0.142. The maximum absolute atomic E-state index is 11.7. The van der Waals surface area contributed by atoms with E-state index in [1.807, 2.05) is 6.92 Å². The molecule has 0 bridgehead atoms. The lowest BCUT2D eigenvalue weighted by atomic mass is 10.0. The molecule has 0 spiro atoms. The minimum atomic E-state index is -3.50. The monoisotopic (exact) mass is 336 g/mol. The van der Waals surface area contributed by atoms with E-state index >= 15 is 0 Å². The molecule has 1 aliphatic rings. The number of pyridine rings is 1. The van der Waals surface area contributed by atoms with E-state index < -0.39 is 15.4 Å². The van der Waals surface area contributed by atoms with Crippen LogP contribution in [0, 0.1) is 6.92 Å². The maximum Gasteiger partial charge on any atom is 0.247 e. The first-order chi connectivity index (χ1) is 10.7. The van der Waals surface area contributed by atoms with Crippen LogP contribution < -0.4 is 5.32 Å². The molecule has 0 aromatic carbocycles. The first kappa shape index (κ1) is 16.1. The Bertz CT molecular complexity index is 864. The fourth-order valence-corrected chi connectivity index (χ4v) is 3.48. The molecule has 2 aromatic rings. The molecule has 0 saturated heterocycles. The molecule has 8 heteroatoms. The highest BCUT2D eigenvalue weighted by atomic mass is 32.2. The van der Waals surface area contributed by atoms with E-state index in [4.69, 9.17) is 0 Å². The van der Waals surface area contributed by atoms with Gasteiger partial charge in [-0.05, 0) is 39.2 Å². The molecule has 1 saturated carbocycles. The molecular weight excluding hydrogens is 316 g/mol. The molecule has 0 radical (unpaired) electrons. The molecule has 7 nitrogen and oxygen atoms in total. The highest BCUT2D eigenvalue weighted by Crippen LogP contribution is 2.33. The maximum atomic E-state index is 11.7. The number of hydrogen-bond acceptors (Lipinski definition) is 7. The Balaban J connectivity index is 2.11. The summed E-state index contributed by atoms with van der Waals surface area (Å²) in [6, 6.07) is 1.66. The smallest absolute Gasteiger partial charge is 0.247 e. The lowest BCUT2D eigenvalue weighted by Crippen LogP contribution is -2.39. The molecule has 2 heterocycles. The Labute approximate surface area is 135 Å². The van der Waals surface area contributed by atoms with Crippen LogP contribution in [-0.4, -0.2) is 46.4 Å². The number of aliphatic hydroxyl groups is 1. The number of hydrogen-bond donors (Lipinski definition) is 2. The summed E-state index contributed by atoms with van der Waals surface area (Å²) in [6.07, 6.45) is 5.04. The van der Waals surface area contributed by atoms with E-state index in [1.54, 1.807) is 13.0 Å².